The Labute approximate surface area is 198 Å². The van der Waals surface area contributed by atoms with Crippen LogP contribution < -0.4 is 8.92 Å². The van der Waals surface area contributed by atoms with E-state index in [1.54, 1.807) is 36.4 Å². The quantitative estimate of drug-likeness (QED) is 0.271. The third-order valence-corrected chi connectivity index (χ3v) is 11.8. The summed E-state index contributed by atoms with van der Waals surface area (Å²) in [7, 11) is 0. The van der Waals surface area contributed by atoms with Crippen molar-refractivity contribution in [1.82, 2.24) is 0 Å². The van der Waals surface area contributed by atoms with Gasteiger partial charge in [-0.15, -0.1) is 0 Å². The van der Waals surface area contributed by atoms with E-state index in [1.165, 1.54) is 8.92 Å². The van der Waals surface area contributed by atoms with Crippen LogP contribution in [0.4, 0.5) is 11.4 Å². The summed E-state index contributed by atoms with van der Waals surface area (Å²) >= 11 is 0.486. The second-order valence-corrected chi connectivity index (χ2v) is 12.9. The third-order valence-electron chi connectivity index (χ3n) is 4.51. The molecule has 0 heterocycles. The molecule has 0 spiro atoms. The van der Waals surface area contributed by atoms with Crippen molar-refractivity contribution in [3.8, 4) is 11.5 Å². The molecule has 4 aromatic rings. The first-order valence-electron chi connectivity index (χ1n) is 9.87. The summed E-state index contributed by atoms with van der Waals surface area (Å²) in [4.78, 5) is 8.96. The molecule has 0 bridgehead atoms. The zero-order chi connectivity index (χ0) is 22.2. The van der Waals surface area contributed by atoms with Crippen molar-refractivity contribution in [1.29, 1.82) is 0 Å². The van der Waals surface area contributed by atoms with E-state index in [1.807, 2.05) is 36.7 Å². The monoisotopic (exact) mass is 552 g/mol. The Bertz CT molecular complexity index is 1170. The van der Waals surface area contributed by atoms with E-state index in [9.17, 15) is 10.2 Å². The number of benzene rings is 4. The van der Waals surface area contributed by atoms with E-state index < -0.39 is 0 Å². The molecule has 0 aliphatic heterocycles. The third kappa shape index (κ3) is 5.76. The topological polar surface area (TPSA) is 65.2 Å². The van der Waals surface area contributed by atoms with E-state index in [4.69, 9.17) is 0 Å². The molecule has 0 fully saturated rings. The molecule has 0 amide bonds. The summed E-state index contributed by atoms with van der Waals surface area (Å²) in [6.07, 6.45) is 3.65. The van der Waals surface area contributed by atoms with Gasteiger partial charge in [-0.25, -0.2) is 0 Å². The molecule has 6 heteroatoms. The molecule has 0 atom stereocenters. The molecule has 0 unspecified atom stereocenters. The number of phenols is 2. The maximum absolute atomic E-state index is 9.96. The molecule has 0 saturated carbocycles. The minimum absolute atomic E-state index is 0.175. The van der Waals surface area contributed by atoms with Crippen molar-refractivity contribution < 1.29 is 10.2 Å². The molecule has 4 aromatic carbocycles. The Hall–Kier alpha value is -3.14. The van der Waals surface area contributed by atoms with Gasteiger partial charge >= 0.3 is 199 Å². The Morgan fingerprint density at radius 3 is 1.31 bits per heavy atom. The fraction of sp³-hybridized carbons (Fsp3) is 0. The van der Waals surface area contributed by atoms with Gasteiger partial charge in [0.05, 0.1) is 0 Å². The standard InChI is InChI=1S/C26H20N2O2Se2/c29-23-13-5-3-11-21(23)27-17-19-9-1-7-15-25(19)31-32-26-16-8-2-10-20(26)18-28-22-12-4-6-14-24(22)30/h1-18,29-30H. The number of hydrogen-bond acceptors (Lipinski definition) is 4. The normalized spacial score (nSPS) is 11.4. The van der Waals surface area contributed by atoms with Crippen LogP contribution in [-0.4, -0.2) is 48.9 Å². The van der Waals surface area contributed by atoms with Gasteiger partial charge < -0.3 is 0 Å². The van der Waals surface area contributed by atoms with Crippen LogP contribution in [0.3, 0.4) is 0 Å². The van der Waals surface area contributed by atoms with Crippen molar-refractivity contribution in [3.63, 3.8) is 0 Å². The van der Waals surface area contributed by atoms with Gasteiger partial charge in [-0.1, -0.05) is 0 Å². The van der Waals surface area contributed by atoms with Crippen molar-refractivity contribution in [3.05, 3.63) is 108 Å². The van der Waals surface area contributed by atoms with Crippen LogP contribution in [0.2, 0.25) is 0 Å². The van der Waals surface area contributed by atoms with Crippen molar-refractivity contribution in [2.75, 3.05) is 0 Å². The maximum atomic E-state index is 9.96. The van der Waals surface area contributed by atoms with Gasteiger partial charge in [-0.05, 0) is 0 Å². The average molecular weight is 550 g/mol. The number of para-hydroxylation sites is 4. The van der Waals surface area contributed by atoms with Gasteiger partial charge in [0.15, 0.2) is 0 Å². The van der Waals surface area contributed by atoms with E-state index in [-0.39, 0.29) is 37.8 Å². The molecule has 0 aliphatic rings. The van der Waals surface area contributed by atoms with E-state index in [2.05, 4.69) is 46.4 Å². The summed E-state index contributed by atoms with van der Waals surface area (Å²) in [6.45, 7) is 0. The van der Waals surface area contributed by atoms with Crippen LogP contribution in [0.25, 0.3) is 0 Å². The van der Waals surface area contributed by atoms with Crippen LogP contribution in [0, 0.1) is 0 Å². The van der Waals surface area contributed by atoms with Crippen LogP contribution in [-0.2, 0) is 0 Å². The molecule has 4 rings (SSSR count). The summed E-state index contributed by atoms with van der Waals surface area (Å²) < 4.78 is 2.54. The number of nitrogens with zero attached hydrogens (tertiary/aromatic N) is 2. The molecule has 0 radical (unpaired) electrons. The van der Waals surface area contributed by atoms with Crippen LogP contribution in [0.1, 0.15) is 11.1 Å². The number of rotatable bonds is 7. The predicted octanol–water partition coefficient (Wildman–Crippen LogP) is 3.87. The number of phenolic OH excluding ortho intramolecular Hbond substituents is 2. The van der Waals surface area contributed by atoms with Crippen LogP contribution in [0.5, 0.6) is 11.5 Å². The van der Waals surface area contributed by atoms with Gasteiger partial charge in [0.25, 0.3) is 0 Å². The minimum atomic E-state index is 0.175. The first-order chi connectivity index (χ1) is 15.7. The van der Waals surface area contributed by atoms with Crippen LogP contribution >= 0.6 is 0 Å². The van der Waals surface area contributed by atoms with E-state index >= 15 is 0 Å². The fourth-order valence-corrected chi connectivity index (χ4v) is 9.96. The van der Waals surface area contributed by atoms with Crippen molar-refractivity contribution >= 4 is 59.0 Å². The molecular formula is C26H20N2O2Se2. The molecule has 0 aliphatic carbocycles. The SMILES string of the molecule is Oc1ccccc1N=Cc1ccccc1[Se][Se]c1ccccc1C=Nc1ccccc1O. The first-order valence-corrected chi connectivity index (χ1v) is 15.9. The summed E-state index contributed by atoms with van der Waals surface area (Å²) in [6, 6.07) is 30.7. The van der Waals surface area contributed by atoms with Gasteiger partial charge in [0.2, 0.25) is 0 Å². The molecule has 0 aromatic heterocycles. The summed E-state index contributed by atoms with van der Waals surface area (Å²) in [5.41, 5.74) is 3.26. The summed E-state index contributed by atoms with van der Waals surface area (Å²) in [5.74, 6) is 0.349. The molecule has 0 saturated heterocycles. The predicted molar refractivity (Wildman–Crippen MR) is 134 cm³/mol. The van der Waals surface area contributed by atoms with Gasteiger partial charge in [-0.3, -0.25) is 0 Å². The Kier molecular flexibility index (Phi) is 7.54. The summed E-state index contributed by atoms with van der Waals surface area (Å²) in [5, 5.41) is 19.9. The number of aliphatic imine (C=N–C) groups is 2. The average Bonchev–Trinajstić information content (AvgIpc) is 2.83. The van der Waals surface area contributed by atoms with Crippen LogP contribution in [0.15, 0.2) is 107 Å². The fourth-order valence-electron chi connectivity index (χ4n) is 2.84. The molecule has 158 valence electrons. The second kappa shape index (κ2) is 10.9. The number of hydrogen-bond donors (Lipinski definition) is 2. The van der Waals surface area contributed by atoms with Gasteiger partial charge in [-0.2, -0.15) is 0 Å². The van der Waals surface area contributed by atoms with Gasteiger partial charge in [0, 0.05) is 0 Å². The molecule has 32 heavy (non-hydrogen) atoms. The molecular weight excluding hydrogens is 530 g/mol. The zero-order valence-corrected chi connectivity index (χ0v) is 20.4. The van der Waals surface area contributed by atoms with Crippen molar-refractivity contribution in [2.45, 2.75) is 0 Å². The Morgan fingerprint density at radius 1 is 0.500 bits per heavy atom. The first kappa shape index (κ1) is 22.1. The Balaban J connectivity index is 1.52. The second-order valence-electron chi connectivity index (χ2n) is 6.74. The zero-order valence-electron chi connectivity index (χ0n) is 17.0. The van der Waals surface area contributed by atoms with Crippen molar-refractivity contribution in [2.24, 2.45) is 9.98 Å². The van der Waals surface area contributed by atoms with E-state index in [0.717, 1.165) is 11.1 Å². The van der Waals surface area contributed by atoms with E-state index in [0.29, 0.717) is 11.4 Å². The number of aromatic hydroxyl groups is 2. The van der Waals surface area contributed by atoms with Gasteiger partial charge in [0.1, 0.15) is 0 Å². The molecule has 4 nitrogen and oxygen atoms in total. The molecule has 2 N–H and O–H groups in total. The Morgan fingerprint density at radius 2 is 0.875 bits per heavy atom.